The van der Waals surface area contributed by atoms with E-state index in [9.17, 15) is 14.4 Å². The number of hydrogen-bond donors (Lipinski definition) is 2. The Bertz CT molecular complexity index is 389. The number of carboxylic acids is 1. The summed E-state index contributed by atoms with van der Waals surface area (Å²) in [5.41, 5.74) is 0. The number of hydrogen-bond acceptors (Lipinski definition) is 3. The third-order valence-corrected chi connectivity index (χ3v) is 8.23. The molecule has 0 unspecified atom stereocenters. The molecule has 1 rings (SSSR count). The number of carboxylic acid groups (broad SMARTS) is 1. The van der Waals surface area contributed by atoms with Crippen molar-refractivity contribution >= 4 is 20.2 Å². The van der Waals surface area contributed by atoms with Crippen LogP contribution in [0.5, 0.6) is 0 Å². The molecule has 1 heterocycles. The third-order valence-electron chi connectivity index (χ3n) is 4.72. The summed E-state index contributed by atoms with van der Waals surface area (Å²) < 4.78 is 0. The average Bonchev–Trinajstić information content (AvgIpc) is 2.74. The average molecular weight is 301 g/mol. The van der Waals surface area contributed by atoms with E-state index in [1.165, 1.54) is 4.90 Å². The van der Waals surface area contributed by atoms with Gasteiger partial charge in [0.2, 0.25) is 5.91 Å². The Morgan fingerprint density at radius 3 is 2.40 bits per heavy atom. The summed E-state index contributed by atoms with van der Waals surface area (Å²) >= 11 is 0. The number of aliphatic carboxylic acids is 1. The Labute approximate surface area is 122 Å². The predicted octanol–water partition coefficient (Wildman–Crippen LogP) is 2.07. The largest absolute Gasteiger partial charge is 0.480 e. The number of amides is 1. The molecule has 1 aliphatic rings. The maximum absolute atomic E-state index is 12.5. The number of rotatable bonds is 5. The fourth-order valence-corrected chi connectivity index (χ4v) is 3.48. The summed E-state index contributed by atoms with van der Waals surface area (Å²) in [6, 6.07) is -0.674. The van der Waals surface area contributed by atoms with Crippen LogP contribution in [-0.4, -0.2) is 47.6 Å². The molecule has 0 aromatic rings. The summed E-state index contributed by atoms with van der Waals surface area (Å²) in [5.74, 6) is -1.27. The van der Waals surface area contributed by atoms with Crippen molar-refractivity contribution in [2.24, 2.45) is 5.92 Å². The van der Waals surface area contributed by atoms with Crippen molar-refractivity contribution in [2.45, 2.75) is 64.2 Å². The first-order chi connectivity index (χ1) is 8.97. The molecule has 1 aliphatic heterocycles. The van der Waals surface area contributed by atoms with Crippen molar-refractivity contribution in [3.8, 4) is 0 Å². The van der Waals surface area contributed by atoms with Crippen LogP contribution in [-0.2, 0) is 9.59 Å². The van der Waals surface area contributed by atoms with Crippen LogP contribution in [0.15, 0.2) is 0 Å². The van der Waals surface area contributed by atoms with E-state index in [-0.39, 0.29) is 16.9 Å². The lowest BCUT2D eigenvalue weighted by Gasteiger charge is -2.37. The van der Waals surface area contributed by atoms with E-state index in [1.807, 2.05) is 33.9 Å². The van der Waals surface area contributed by atoms with Crippen LogP contribution in [0.25, 0.3) is 0 Å². The zero-order chi connectivity index (χ0) is 15.7. The van der Waals surface area contributed by atoms with Gasteiger partial charge in [0.05, 0.1) is 0 Å². The molecule has 0 aromatic carbocycles. The van der Waals surface area contributed by atoms with Crippen molar-refractivity contribution in [1.29, 1.82) is 0 Å². The number of likely N-dealkylation sites (tertiary alicyclic amines) is 1. The summed E-state index contributed by atoms with van der Waals surface area (Å²) in [7, 11) is -2.36. The lowest BCUT2D eigenvalue weighted by Crippen LogP contribution is -2.45. The fourth-order valence-electron chi connectivity index (χ4n) is 2.67. The molecule has 0 spiro atoms. The highest BCUT2D eigenvalue weighted by atomic mass is 28.4. The molecule has 1 saturated heterocycles. The molecule has 1 fully saturated rings. The number of carbonyl (C=O) groups is 2. The second-order valence-electron chi connectivity index (χ2n) is 7.08. The molecule has 116 valence electrons. The van der Waals surface area contributed by atoms with E-state index >= 15 is 0 Å². The van der Waals surface area contributed by atoms with E-state index in [4.69, 9.17) is 5.11 Å². The van der Waals surface area contributed by atoms with Gasteiger partial charge in [0.25, 0.3) is 0 Å². The fraction of sp³-hybridized carbons (Fsp3) is 0.857. The van der Waals surface area contributed by atoms with Gasteiger partial charge in [0.1, 0.15) is 6.04 Å². The van der Waals surface area contributed by atoms with Crippen molar-refractivity contribution in [1.82, 2.24) is 4.90 Å². The summed E-state index contributed by atoms with van der Waals surface area (Å²) in [5, 5.41) is 8.87. The van der Waals surface area contributed by atoms with Gasteiger partial charge in [0, 0.05) is 12.5 Å². The first kappa shape index (κ1) is 17.2. The van der Waals surface area contributed by atoms with Gasteiger partial charge >= 0.3 is 5.97 Å². The quantitative estimate of drug-likeness (QED) is 0.762. The topological polar surface area (TPSA) is 77.8 Å². The number of carbonyl (C=O) groups excluding carboxylic acids is 1. The van der Waals surface area contributed by atoms with Crippen LogP contribution in [0.1, 0.15) is 40.0 Å². The minimum atomic E-state index is -2.36. The molecule has 2 N–H and O–H groups in total. The van der Waals surface area contributed by atoms with E-state index < -0.39 is 20.3 Å². The Balaban J connectivity index is 2.75. The minimum absolute atomic E-state index is 0.0961. The molecule has 0 aromatic heterocycles. The van der Waals surface area contributed by atoms with E-state index in [2.05, 4.69) is 0 Å². The Kier molecular flexibility index (Phi) is 5.02. The summed E-state index contributed by atoms with van der Waals surface area (Å²) in [6.07, 6.45) is 1.88. The zero-order valence-corrected chi connectivity index (χ0v) is 14.1. The number of nitrogens with zero attached hydrogens (tertiary/aromatic N) is 1. The third kappa shape index (κ3) is 3.61. The van der Waals surface area contributed by atoms with Gasteiger partial charge < -0.3 is 14.8 Å². The van der Waals surface area contributed by atoms with Crippen molar-refractivity contribution in [3.63, 3.8) is 0 Å². The maximum atomic E-state index is 12.5. The van der Waals surface area contributed by atoms with Gasteiger partial charge in [-0.25, -0.2) is 4.79 Å². The molecular weight excluding hydrogens is 274 g/mol. The molecule has 6 heteroatoms. The van der Waals surface area contributed by atoms with Crippen molar-refractivity contribution in [2.75, 3.05) is 6.54 Å². The van der Waals surface area contributed by atoms with Gasteiger partial charge in [-0.1, -0.05) is 20.8 Å². The van der Waals surface area contributed by atoms with Crippen LogP contribution >= 0.6 is 0 Å². The molecule has 0 radical (unpaired) electrons. The first-order valence-electron chi connectivity index (χ1n) is 7.23. The van der Waals surface area contributed by atoms with Crippen LogP contribution in [0.2, 0.25) is 18.1 Å². The van der Waals surface area contributed by atoms with E-state index in [1.54, 1.807) is 0 Å². The highest BCUT2D eigenvalue weighted by Crippen LogP contribution is 2.42. The minimum Gasteiger partial charge on any atom is -0.480 e. The predicted molar refractivity (Wildman–Crippen MR) is 79.9 cm³/mol. The van der Waals surface area contributed by atoms with Crippen LogP contribution in [0.4, 0.5) is 0 Å². The standard InChI is InChI=1S/C14H27NO4Si/c1-10(9-14(2,3)20(4,5)19)12(16)15-8-6-7-11(15)13(17)18/h10-11,19H,6-9H2,1-5H3,(H,17,18)/t10-,11+/m1/s1. The van der Waals surface area contributed by atoms with Crippen molar-refractivity contribution < 1.29 is 19.5 Å². The van der Waals surface area contributed by atoms with E-state index in [0.717, 1.165) is 6.42 Å². The normalized spacial score (nSPS) is 21.9. The molecule has 5 nitrogen and oxygen atoms in total. The zero-order valence-electron chi connectivity index (χ0n) is 13.1. The highest BCUT2D eigenvalue weighted by molar-refractivity contribution is 6.72. The molecule has 0 saturated carbocycles. The van der Waals surface area contributed by atoms with Gasteiger partial charge in [0.15, 0.2) is 8.32 Å². The monoisotopic (exact) mass is 301 g/mol. The Hall–Kier alpha value is -0.883. The Morgan fingerprint density at radius 2 is 1.95 bits per heavy atom. The molecule has 2 atom stereocenters. The van der Waals surface area contributed by atoms with Crippen LogP contribution in [0.3, 0.4) is 0 Å². The van der Waals surface area contributed by atoms with Crippen LogP contribution in [0, 0.1) is 5.92 Å². The molecule has 20 heavy (non-hydrogen) atoms. The highest BCUT2D eigenvalue weighted by Gasteiger charge is 2.42. The van der Waals surface area contributed by atoms with Gasteiger partial charge in [-0.15, -0.1) is 0 Å². The summed E-state index contributed by atoms with van der Waals surface area (Å²) in [6.45, 7) is 10.1. The van der Waals surface area contributed by atoms with Crippen LogP contribution < -0.4 is 0 Å². The second-order valence-corrected chi connectivity index (χ2v) is 11.5. The van der Waals surface area contributed by atoms with Gasteiger partial charge in [-0.2, -0.15) is 0 Å². The molecule has 1 amide bonds. The van der Waals surface area contributed by atoms with E-state index in [0.29, 0.717) is 19.4 Å². The maximum Gasteiger partial charge on any atom is 0.326 e. The molecular formula is C14H27NO4Si. The Morgan fingerprint density at radius 1 is 1.40 bits per heavy atom. The smallest absolute Gasteiger partial charge is 0.326 e. The summed E-state index contributed by atoms with van der Waals surface area (Å²) in [4.78, 5) is 35.4. The SMILES string of the molecule is C[C@H](CC(C)(C)[Si](C)(C)O)C(=O)N1CCC[C@H]1C(=O)O. The second kappa shape index (κ2) is 5.85. The van der Waals surface area contributed by atoms with Gasteiger partial charge in [-0.05, 0) is 37.4 Å². The lowest BCUT2D eigenvalue weighted by molar-refractivity contribution is -0.149. The van der Waals surface area contributed by atoms with Gasteiger partial charge in [-0.3, -0.25) is 4.79 Å². The molecule has 0 aliphatic carbocycles. The molecule has 0 bridgehead atoms. The van der Waals surface area contributed by atoms with Crippen molar-refractivity contribution in [3.05, 3.63) is 0 Å². The first-order valence-corrected chi connectivity index (χ1v) is 10.2. The lowest BCUT2D eigenvalue weighted by atomic mass is 9.96.